The normalized spacial score (nSPS) is 13.6. The largest absolute Gasteiger partial charge is 0.376 e. The van der Waals surface area contributed by atoms with E-state index in [-0.39, 0.29) is 5.91 Å². The van der Waals surface area contributed by atoms with Crippen molar-refractivity contribution in [1.82, 2.24) is 5.32 Å². The summed E-state index contributed by atoms with van der Waals surface area (Å²) >= 11 is 5.87. The highest BCUT2D eigenvalue weighted by Gasteiger charge is 2.27. The van der Waals surface area contributed by atoms with Gasteiger partial charge in [0.1, 0.15) is 11.4 Å². The van der Waals surface area contributed by atoms with E-state index in [9.17, 15) is 14.4 Å². The van der Waals surface area contributed by atoms with Gasteiger partial charge in [-0.25, -0.2) is 0 Å². The third-order valence-corrected chi connectivity index (χ3v) is 5.61. The van der Waals surface area contributed by atoms with Gasteiger partial charge in [-0.1, -0.05) is 35.9 Å². The zero-order chi connectivity index (χ0) is 21.1. The lowest BCUT2D eigenvalue weighted by Crippen LogP contribution is -2.41. The smallest absolute Gasteiger partial charge is 0.253 e. The van der Waals surface area contributed by atoms with Gasteiger partial charge in [-0.15, -0.1) is 0 Å². The highest BCUT2D eigenvalue weighted by Crippen LogP contribution is 2.24. The van der Waals surface area contributed by atoms with Crippen LogP contribution in [0.1, 0.15) is 34.3 Å². The number of nitrogens with one attached hydrogen (secondary N) is 2. The minimum Gasteiger partial charge on any atom is -0.376 e. The summed E-state index contributed by atoms with van der Waals surface area (Å²) < 4.78 is 0. The van der Waals surface area contributed by atoms with E-state index in [0.29, 0.717) is 35.1 Å². The first-order valence-electron chi connectivity index (χ1n) is 9.96. The number of halogens is 1. The molecule has 3 aromatic rings. The molecule has 0 aromatic heterocycles. The molecule has 3 aromatic carbocycles. The van der Waals surface area contributed by atoms with Crippen LogP contribution in [0.4, 0.5) is 11.4 Å². The zero-order valence-electron chi connectivity index (χ0n) is 16.4. The van der Waals surface area contributed by atoms with E-state index < -0.39 is 10.9 Å². The minimum absolute atomic E-state index is 0.164. The van der Waals surface area contributed by atoms with Crippen molar-refractivity contribution in [2.75, 3.05) is 23.3 Å². The predicted molar refractivity (Wildman–Crippen MR) is 119 cm³/mol. The van der Waals surface area contributed by atoms with Gasteiger partial charge in [-0.2, -0.15) is 0 Å². The lowest BCUT2D eigenvalue weighted by Gasteiger charge is -2.22. The van der Waals surface area contributed by atoms with Crippen molar-refractivity contribution in [2.45, 2.75) is 25.9 Å². The van der Waals surface area contributed by atoms with Crippen LogP contribution in [0, 0.1) is 0 Å². The second-order valence-electron chi connectivity index (χ2n) is 7.44. The Labute approximate surface area is 179 Å². The number of carbonyl (C=O) groups excluding carboxylic acids is 1. The molecule has 4 rings (SSSR count). The second kappa shape index (κ2) is 8.71. The molecule has 0 bridgehead atoms. The molecule has 1 aliphatic heterocycles. The molecule has 0 saturated carbocycles. The Bertz CT molecular complexity index is 1110. The van der Waals surface area contributed by atoms with Crippen molar-refractivity contribution in [3.63, 3.8) is 0 Å². The van der Waals surface area contributed by atoms with Crippen molar-refractivity contribution in [3.8, 4) is 0 Å². The van der Waals surface area contributed by atoms with E-state index in [1.54, 1.807) is 24.3 Å². The van der Waals surface area contributed by atoms with E-state index in [0.717, 1.165) is 37.1 Å². The van der Waals surface area contributed by atoms with Gasteiger partial charge in [0.05, 0.1) is 0 Å². The molecule has 30 heavy (non-hydrogen) atoms. The maximum absolute atomic E-state index is 12.3. The summed E-state index contributed by atoms with van der Waals surface area (Å²) in [7, 11) is 0. The van der Waals surface area contributed by atoms with Crippen molar-refractivity contribution in [3.05, 3.63) is 90.7 Å². The summed E-state index contributed by atoms with van der Waals surface area (Å²) in [4.78, 5) is 38.2. The van der Waals surface area contributed by atoms with Crippen LogP contribution >= 0.6 is 11.6 Å². The molecule has 1 heterocycles. The molecule has 1 fully saturated rings. The van der Waals surface area contributed by atoms with Crippen LogP contribution in [0.2, 0.25) is 5.02 Å². The summed E-state index contributed by atoms with van der Waals surface area (Å²) in [5, 5.41) is 6.63. The van der Waals surface area contributed by atoms with Crippen LogP contribution in [0.3, 0.4) is 0 Å². The molecule has 1 saturated heterocycles. The molecule has 0 aliphatic carbocycles. The van der Waals surface area contributed by atoms with E-state index in [4.69, 9.17) is 11.6 Å². The number of amides is 1. The second-order valence-corrected chi connectivity index (χ2v) is 7.87. The molecule has 7 heteroatoms. The molecular weight excluding hydrogens is 402 g/mol. The van der Waals surface area contributed by atoms with Crippen LogP contribution in [0.25, 0.3) is 0 Å². The third-order valence-electron chi connectivity index (χ3n) is 5.36. The van der Waals surface area contributed by atoms with Crippen LogP contribution in [-0.2, 0) is 13.1 Å². The Balaban J connectivity index is 1.33. The standard InChI is InChI=1S/C23H22ClN3O3/c24-18-9-5-16(6-10-18)14-26-23(30)17-7-3-15(4-8-17)13-25-19-20(22(29)21(19)28)27-11-1-2-12-27/h3-10,25H,1-2,11-14H2,(H,26,30). The van der Waals surface area contributed by atoms with Crippen molar-refractivity contribution in [1.29, 1.82) is 0 Å². The Morgan fingerprint density at radius 2 is 1.47 bits per heavy atom. The monoisotopic (exact) mass is 423 g/mol. The van der Waals surface area contributed by atoms with Gasteiger partial charge in [0, 0.05) is 36.8 Å². The highest BCUT2D eigenvalue weighted by molar-refractivity contribution is 6.30. The van der Waals surface area contributed by atoms with Gasteiger partial charge in [0.15, 0.2) is 0 Å². The SMILES string of the molecule is O=C(NCc1ccc(Cl)cc1)c1ccc(CNc2c(N3CCCC3)c(=O)c2=O)cc1. The summed E-state index contributed by atoms with van der Waals surface area (Å²) in [6.45, 7) is 2.47. The Hall–Kier alpha value is -3.12. The predicted octanol–water partition coefficient (Wildman–Crippen LogP) is 3.08. The van der Waals surface area contributed by atoms with Crippen LogP contribution in [0.5, 0.6) is 0 Å². The Morgan fingerprint density at radius 3 is 2.13 bits per heavy atom. The highest BCUT2D eigenvalue weighted by atomic mass is 35.5. The maximum Gasteiger partial charge on any atom is 0.253 e. The number of hydrogen-bond acceptors (Lipinski definition) is 5. The van der Waals surface area contributed by atoms with Crippen molar-refractivity contribution < 1.29 is 4.79 Å². The molecule has 0 unspecified atom stereocenters. The van der Waals surface area contributed by atoms with Crippen LogP contribution < -0.4 is 26.4 Å². The molecule has 154 valence electrons. The van der Waals surface area contributed by atoms with E-state index in [1.165, 1.54) is 0 Å². The number of rotatable bonds is 7. The summed E-state index contributed by atoms with van der Waals surface area (Å²) in [5.74, 6) is -0.164. The van der Waals surface area contributed by atoms with Crippen molar-refractivity contribution >= 4 is 28.9 Å². The van der Waals surface area contributed by atoms with E-state index >= 15 is 0 Å². The zero-order valence-corrected chi connectivity index (χ0v) is 17.2. The fourth-order valence-electron chi connectivity index (χ4n) is 3.64. The van der Waals surface area contributed by atoms with E-state index in [2.05, 4.69) is 10.6 Å². The first-order chi connectivity index (χ1) is 14.5. The molecular formula is C23H22ClN3O3. The third kappa shape index (κ3) is 4.24. The van der Waals surface area contributed by atoms with Gasteiger partial charge in [0.25, 0.3) is 16.8 Å². The number of anilines is 2. The van der Waals surface area contributed by atoms with Gasteiger partial charge in [0.2, 0.25) is 0 Å². The maximum atomic E-state index is 12.3. The molecule has 1 amide bonds. The quantitative estimate of drug-likeness (QED) is 0.571. The first kappa shape index (κ1) is 20.2. The van der Waals surface area contributed by atoms with Crippen LogP contribution in [0.15, 0.2) is 58.1 Å². The van der Waals surface area contributed by atoms with Crippen molar-refractivity contribution in [2.24, 2.45) is 0 Å². The molecule has 2 N–H and O–H groups in total. The summed E-state index contributed by atoms with van der Waals surface area (Å²) in [6, 6.07) is 14.5. The lowest BCUT2D eigenvalue weighted by atomic mass is 10.1. The Morgan fingerprint density at radius 1 is 0.867 bits per heavy atom. The average Bonchev–Trinajstić information content (AvgIpc) is 3.29. The summed E-state index contributed by atoms with van der Waals surface area (Å²) in [6.07, 6.45) is 2.08. The van der Waals surface area contributed by atoms with E-state index in [1.807, 2.05) is 29.2 Å². The van der Waals surface area contributed by atoms with Gasteiger partial charge < -0.3 is 15.5 Å². The number of carbonyl (C=O) groups is 1. The fourth-order valence-corrected chi connectivity index (χ4v) is 3.76. The molecule has 1 aliphatic rings. The number of nitrogens with zero attached hydrogens (tertiary/aromatic N) is 1. The molecule has 0 spiro atoms. The Kier molecular flexibility index (Phi) is 5.86. The summed E-state index contributed by atoms with van der Waals surface area (Å²) in [5.41, 5.74) is 2.53. The van der Waals surface area contributed by atoms with Gasteiger partial charge in [-0.05, 0) is 48.2 Å². The molecule has 6 nitrogen and oxygen atoms in total. The first-order valence-corrected chi connectivity index (χ1v) is 10.3. The van der Waals surface area contributed by atoms with Gasteiger partial charge in [-0.3, -0.25) is 14.4 Å². The molecule has 0 atom stereocenters. The minimum atomic E-state index is -0.449. The lowest BCUT2D eigenvalue weighted by molar-refractivity contribution is 0.0951. The topological polar surface area (TPSA) is 78.5 Å². The van der Waals surface area contributed by atoms with Crippen LogP contribution in [-0.4, -0.2) is 19.0 Å². The number of benzene rings is 2. The fraction of sp³-hybridized carbons (Fsp3) is 0.261. The molecule has 0 radical (unpaired) electrons. The number of hydrogen-bond donors (Lipinski definition) is 2. The van der Waals surface area contributed by atoms with Gasteiger partial charge >= 0.3 is 0 Å². The average molecular weight is 424 g/mol.